The quantitative estimate of drug-likeness (QED) is 0.881. The van der Waals surface area contributed by atoms with Crippen molar-refractivity contribution >= 4 is 11.6 Å². The summed E-state index contributed by atoms with van der Waals surface area (Å²) in [6.07, 6.45) is 3.99. The number of benzene rings is 1. The fraction of sp³-hybridized carbons (Fsp3) is 0.588. The molecule has 2 N–H and O–H groups in total. The van der Waals surface area contributed by atoms with Gasteiger partial charge in [0.15, 0.2) is 0 Å². The van der Waals surface area contributed by atoms with E-state index in [1.165, 1.54) is 31.7 Å². The van der Waals surface area contributed by atoms with Crippen LogP contribution in [0.2, 0.25) is 0 Å². The van der Waals surface area contributed by atoms with Gasteiger partial charge in [-0.2, -0.15) is 0 Å². The predicted molar refractivity (Wildman–Crippen MR) is 83.6 cm³/mol. The molecular weight excluding hydrogens is 248 g/mol. The molecule has 1 aromatic rings. The van der Waals surface area contributed by atoms with Crippen molar-refractivity contribution in [3.05, 3.63) is 29.8 Å². The van der Waals surface area contributed by atoms with Gasteiger partial charge in [-0.05, 0) is 36.0 Å². The van der Waals surface area contributed by atoms with Crippen LogP contribution in [0.15, 0.2) is 24.3 Å². The van der Waals surface area contributed by atoms with Crippen LogP contribution in [-0.4, -0.2) is 11.9 Å². The number of rotatable bonds is 4. The van der Waals surface area contributed by atoms with Crippen molar-refractivity contribution in [2.45, 2.75) is 52.6 Å². The second-order valence-corrected chi connectivity index (χ2v) is 6.13. The molecule has 0 radical (unpaired) electrons. The van der Waals surface area contributed by atoms with Gasteiger partial charge in [0.2, 0.25) is 5.91 Å². The summed E-state index contributed by atoms with van der Waals surface area (Å²) in [5.74, 6) is 1.55. The van der Waals surface area contributed by atoms with Gasteiger partial charge in [-0.15, -0.1) is 0 Å². The Kier molecular flexibility index (Phi) is 5.18. The largest absolute Gasteiger partial charge is 0.326 e. The molecule has 110 valence electrons. The van der Waals surface area contributed by atoms with E-state index < -0.39 is 0 Å². The number of amides is 1. The fourth-order valence-electron chi connectivity index (χ4n) is 3.03. The Morgan fingerprint density at radius 2 is 1.90 bits per heavy atom. The first-order valence-corrected chi connectivity index (χ1v) is 7.66. The molecule has 0 bridgehead atoms. The number of nitrogens with one attached hydrogen (secondary N) is 2. The van der Waals surface area contributed by atoms with Gasteiger partial charge in [0, 0.05) is 25.2 Å². The minimum atomic E-state index is -0.0270. The topological polar surface area (TPSA) is 41.1 Å². The minimum Gasteiger partial charge on any atom is -0.326 e. The first-order valence-electron chi connectivity index (χ1n) is 7.66. The Bertz CT molecular complexity index is 441. The Hall–Kier alpha value is -1.35. The highest BCUT2D eigenvalue weighted by Gasteiger charge is 2.26. The molecule has 3 atom stereocenters. The second-order valence-electron chi connectivity index (χ2n) is 6.13. The maximum Gasteiger partial charge on any atom is 0.221 e. The molecule has 0 spiro atoms. The highest BCUT2D eigenvalue weighted by molar-refractivity contribution is 5.88. The molecule has 1 aliphatic carbocycles. The molecule has 0 unspecified atom stereocenters. The molecular formula is C17H26N2O. The highest BCUT2D eigenvalue weighted by atomic mass is 16.1. The number of hydrogen-bond donors (Lipinski definition) is 2. The van der Waals surface area contributed by atoms with E-state index in [9.17, 15) is 4.79 Å². The zero-order valence-corrected chi connectivity index (χ0v) is 12.8. The van der Waals surface area contributed by atoms with Gasteiger partial charge in [0.05, 0.1) is 0 Å². The number of carbonyl (C=O) groups is 1. The third-order valence-corrected chi connectivity index (χ3v) is 4.55. The molecule has 0 saturated heterocycles. The van der Waals surface area contributed by atoms with Crippen LogP contribution in [0.5, 0.6) is 0 Å². The second kappa shape index (κ2) is 6.89. The van der Waals surface area contributed by atoms with Crippen LogP contribution in [0.4, 0.5) is 5.69 Å². The molecule has 1 aliphatic rings. The Labute approximate surface area is 122 Å². The summed E-state index contributed by atoms with van der Waals surface area (Å²) in [4.78, 5) is 11.0. The van der Waals surface area contributed by atoms with E-state index in [0.29, 0.717) is 6.04 Å². The van der Waals surface area contributed by atoms with Gasteiger partial charge < -0.3 is 10.6 Å². The van der Waals surface area contributed by atoms with Crippen LogP contribution >= 0.6 is 0 Å². The van der Waals surface area contributed by atoms with Crippen LogP contribution in [0, 0.1) is 11.8 Å². The number of anilines is 1. The van der Waals surface area contributed by atoms with Crippen molar-refractivity contribution in [3.8, 4) is 0 Å². The predicted octanol–water partition coefficient (Wildman–Crippen LogP) is 3.56. The molecule has 3 heteroatoms. The van der Waals surface area contributed by atoms with Gasteiger partial charge in [0.25, 0.3) is 0 Å². The summed E-state index contributed by atoms with van der Waals surface area (Å²) in [5.41, 5.74) is 2.13. The minimum absolute atomic E-state index is 0.0270. The van der Waals surface area contributed by atoms with Crippen LogP contribution in [-0.2, 0) is 11.3 Å². The molecule has 0 aliphatic heterocycles. The van der Waals surface area contributed by atoms with E-state index in [4.69, 9.17) is 0 Å². The van der Waals surface area contributed by atoms with E-state index in [2.05, 4.69) is 36.6 Å². The van der Waals surface area contributed by atoms with Crippen molar-refractivity contribution < 1.29 is 4.79 Å². The normalized spacial score (nSPS) is 26.2. The number of hydrogen-bond acceptors (Lipinski definition) is 2. The highest BCUT2D eigenvalue weighted by Crippen LogP contribution is 2.29. The molecule has 1 amide bonds. The first-order chi connectivity index (χ1) is 9.56. The van der Waals surface area contributed by atoms with Crippen molar-refractivity contribution in [1.82, 2.24) is 5.32 Å². The smallest absolute Gasteiger partial charge is 0.221 e. The monoisotopic (exact) mass is 274 g/mol. The van der Waals surface area contributed by atoms with E-state index in [0.717, 1.165) is 24.1 Å². The summed E-state index contributed by atoms with van der Waals surface area (Å²) in [6.45, 7) is 7.16. The molecule has 1 aromatic carbocycles. The SMILES string of the molecule is CC(=O)Nc1ccc(CN[C@@H]2CCC[C@H](C)[C@H]2C)cc1. The van der Waals surface area contributed by atoms with Gasteiger partial charge in [-0.25, -0.2) is 0 Å². The molecule has 20 heavy (non-hydrogen) atoms. The lowest BCUT2D eigenvalue weighted by Gasteiger charge is -2.34. The summed E-state index contributed by atoms with van der Waals surface area (Å²) >= 11 is 0. The first kappa shape index (κ1) is 15.0. The van der Waals surface area contributed by atoms with Crippen molar-refractivity contribution in [2.24, 2.45) is 11.8 Å². The summed E-state index contributed by atoms with van der Waals surface area (Å²) in [7, 11) is 0. The molecule has 0 heterocycles. The maximum atomic E-state index is 11.0. The Balaban J connectivity index is 1.86. The van der Waals surface area contributed by atoms with E-state index in [-0.39, 0.29) is 5.91 Å². The average Bonchev–Trinajstić information content (AvgIpc) is 2.41. The summed E-state index contributed by atoms with van der Waals surface area (Å²) in [5, 5.41) is 6.48. The Morgan fingerprint density at radius 3 is 2.55 bits per heavy atom. The van der Waals surface area contributed by atoms with Crippen LogP contribution < -0.4 is 10.6 Å². The van der Waals surface area contributed by atoms with Gasteiger partial charge in [0.1, 0.15) is 0 Å². The van der Waals surface area contributed by atoms with Crippen molar-refractivity contribution in [2.75, 3.05) is 5.32 Å². The van der Waals surface area contributed by atoms with Crippen LogP contribution in [0.3, 0.4) is 0 Å². The zero-order chi connectivity index (χ0) is 14.5. The standard InChI is InChI=1S/C17H26N2O/c1-12-5-4-6-17(13(12)2)18-11-15-7-9-16(10-8-15)19-14(3)20/h7-10,12-13,17-18H,4-6,11H2,1-3H3,(H,19,20)/t12-,13+,17+/m0/s1. The lowest BCUT2D eigenvalue weighted by atomic mass is 9.78. The number of carbonyl (C=O) groups excluding carboxylic acids is 1. The van der Waals surface area contributed by atoms with E-state index in [1.54, 1.807) is 0 Å². The molecule has 1 fully saturated rings. The van der Waals surface area contributed by atoms with E-state index in [1.807, 2.05) is 12.1 Å². The Morgan fingerprint density at radius 1 is 1.20 bits per heavy atom. The third-order valence-electron chi connectivity index (χ3n) is 4.55. The summed E-state index contributed by atoms with van der Waals surface area (Å²) in [6, 6.07) is 8.72. The molecule has 3 nitrogen and oxygen atoms in total. The van der Waals surface area contributed by atoms with Gasteiger partial charge >= 0.3 is 0 Å². The van der Waals surface area contributed by atoms with Gasteiger partial charge in [-0.3, -0.25) is 4.79 Å². The van der Waals surface area contributed by atoms with Crippen molar-refractivity contribution in [3.63, 3.8) is 0 Å². The molecule has 1 saturated carbocycles. The molecule has 0 aromatic heterocycles. The van der Waals surface area contributed by atoms with Gasteiger partial charge in [-0.1, -0.05) is 38.8 Å². The maximum absolute atomic E-state index is 11.0. The lowest BCUT2D eigenvalue weighted by molar-refractivity contribution is -0.114. The van der Waals surface area contributed by atoms with Crippen LogP contribution in [0.25, 0.3) is 0 Å². The lowest BCUT2D eigenvalue weighted by Crippen LogP contribution is -2.40. The zero-order valence-electron chi connectivity index (χ0n) is 12.8. The van der Waals surface area contributed by atoms with Crippen molar-refractivity contribution in [1.29, 1.82) is 0 Å². The van der Waals surface area contributed by atoms with Crippen LogP contribution in [0.1, 0.15) is 45.6 Å². The average molecular weight is 274 g/mol. The summed E-state index contributed by atoms with van der Waals surface area (Å²) < 4.78 is 0. The third kappa shape index (κ3) is 4.07. The fourth-order valence-corrected chi connectivity index (χ4v) is 3.03. The molecule has 2 rings (SSSR count). The van der Waals surface area contributed by atoms with E-state index >= 15 is 0 Å².